The van der Waals surface area contributed by atoms with Crippen molar-refractivity contribution in [3.05, 3.63) is 44.8 Å². The zero-order chi connectivity index (χ0) is 14.2. The van der Waals surface area contributed by atoms with Crippen molar-refractivity contribution < 1.29 is 5.11 Å². The molecule has 2 aromatic rings. The molecule has 2 rings (SSSR count). The average molecular weight is 310 g/mol. The highest BCUT2D eigenvalue weighted by molar-refractivity contribution is 7.10. The van der Waals surface area contributed by atoms with Crippen molar-refractivity contribution in [2.24, 2.45) is 5.92 Å². The molecule has 2 unspecified atom stereocenters. The summed E-state index contributed by atoms with van der Waals surface area (Å²) in [5.74, 6) is 0.411. The quantitative estimate of drug-likeness (QED) is 0.684. The van der Waals surface area contributed by atoms with Crippen LogP contribution in [0.25, 0.3) is 0 Å². The number of aliphatic hydroxyl groups excluding tert-OH is 1. The van der Waals surface area contributed by atoms with Gasteiger partial charge in [0.05, 0.1) is 0 Å². The summed E-state index contributed by atoms with van der Waals surface area (Å²) in [6.45, 7) is 3.41. The first-order chi connectivity index (χ1) is 9.79. The molecule has 2 nitrogen and oxygen atoms in total. The molecule has 0 aromatic carbocycles. The molecular formula is C16H23NOS2. The predicted molar refractivity (Wildman–Crippen MR) is 88.6 cm³/mol. The molecular weight excluding hydrogens is 286 g/mol. The summed E-state index contributed by atoms with van der Waals surface area (Å²) in [6.07, 6.45) is 3.27. The van der Waals surface area contributed by atoms with E-state index in [1.54, 1.807) is 0 Å². The number of rotatable bonds is 9. The smallest absolute Gasteiger partial charge is 0.0463 e. The molecule has 0 saturated heterocycles. The zero-order valence-electron chi connectivity index (χ0n) is 11.9. The van der Waals surface area contributed by atoms with E-state index in [1.807, 2.05) is 22.7 Å². The number of nitrogens with one attached hydrogen (secondary N) is 1. The highest BCUT2D eigenvalue weighted by Crippen LogP contribution is 2.25. The van der Waals surface area contributed by atoms with Gasteiger partial charge in [-0.2, -0.15) is 0 Å². The molecule has 0 aliphatic rings. The van der Waals surface area contributed by atoms with Gasteiger partial charge in [-0.05, 0) is 48.2 Å². The lowest BCUT2D eigenvalue weighted by Crippen LogP contribution is -2.24. The van der Waals surface area contributed by atoms with Crippen LogP contribution in [0, 0.1) is 5.92 Å². The standard InChI is InChI=1S/C16H23NOS2/c1-13(12-18)5-2-8-17-15(16-7-4-10-20-16)11-14-6-3-9-19-14/h3-4,6-7,9-10,13,15,17-18H,2,5,8,11-12H2,1H3. The summed E-state index contributed by atoms with van der Waals surface area (Å²) >= 11 is 3.65. The van der Waals surface area contributed by atoms with Gasteiger partial charge in [-0.15, -0.1) is 22.7 Å². The second-order valence-corrected chi connectivity index (χ2v) is 7.25. The predicted octanol–water partition coefficient (Wildman–Crippen LogP) is 4.09. The van der Waals surface area contributed by atoms with Crippen LogP contribution in [0.3, 0.4) is 0 Å². The highest BCUT2D eigenvalue weighted by atomic mass is 32.1. The first kappa shape index (κ1) is 15.7. The van der Waals surface area contributed by atoms with E-state index in [2.05, 4.69) is 47.3 Å². The Morgan fingerprint density at radius 2 is 2.00 bits per heavy atom. The minimum Gasteiger partial charge on any atom is -0.396 e. The molecule has 20 heavy (non-hydrogen) atoms. The Hall–Kier alpha value is -0.680. The molecule has 2 aromatic heterocycles. The van der Waals surface area contributed by atoms with E-state index in [0.29, 0.717) is 18.6 Å². The van der Waals surface area contributed by atoms with Crippen molar-refractivity contribution in [3.8, 4) is 0 Å². The Labute approximate surface area is 129 Å². The van der Waals surface area contributed by atoms with E-state index in [1.165, 1.54) is 9.75 Å². The first-order valence-corrected chi connectivity index (χ1v) is 8.95. The Kier molecular flexibility index (Phi) is 6.73. The molecule has 2 atom stereocenters. The molecule has 0 fully saturated rings. The summed E-state index contributed by atoms with van der Waals surface area (Å²) in [5, 5.41) is 17.0. The molecule has 0 saturated carbocycles. The summed E-state index contributed by atoms with van der Waals surface area (Å²) in [7, 11) is 0. The lowest BCUT2D eigenvalue weighted by atomic mass is 10.1. The van der Waals surface area contributed by atoms with Gasteiger partial charge in [0.15, 0.2) is 0 Å². The maximum atomic E-state index is 9.05. The second-order valence-electron chi connectivity index (χ2n) is 5.24. The van der Waals surface area contributed by atoms with E-state index in [4.69, 9.17) is 5.11 Å². The summed E-state index contributed by atoms with van der Waals surface area (Å²) < 4.78 is 0. The normalized spacial score (nSPS) is 14.3. The van der Waals surface area contributed by atoms with Gasteiger partial charge in [-0.3, -0.25) is 0 Å². The van der Waals surface area contributed by atoms with Crippen LogP contribution in [0.1, 0.15) is 35.6 Å². The van der Waals surface area contributed by atoms with Gasteiger partial charge in [0.25, 0.3) is 0 Å². The second kappa shape index (κ2) is 8.57. The van der Waals surface area contributed by atoms with Gasteiger partial charge >= 0.3 is 0 Å². The number of thiophene rings is 2. The van der Waals surface area contributed by atoms with Crippen molar-refractivity contribution in [1.29, 1.82) is 0 Å². The van der Waals surface area contributed by atoms with Crippen LogP contribution in [0.5, 0.6) is 0 Å². The summed E-state index contributed by atoms with van der Waals surface area (Å²) in [6, 6.07) is 9.08. The zero-order valence-corrected chi connectivity index (χ0v) is 13.6. The number of hydrogen-bond donors (Lipinski definition) is 2. The summed E-state index contributed by atoms with van der Waals surface area (Å²) in [4.78, 5) is 2.84. The third-order valence-corrected chi connectivity index (χ3v) is 5.33. The molecule has 0 amide bonds. The molecule has 2 heterocycles. The van der Waals surface area contributed by atoms with E-state index < -0.39 is 0 Å². The van der Waals surface area contributed by atoms with E-state index in [0.717, 1.165) is 25.8 Å². The Balaban J connectivity index is 1.84. The molecule has 0 aliphatic carbocycles. The Morgan fingerprint density at radius 3 is 2.65 bits per heavy atom. The van der Waals surface area contributed by atoms with Gasteiger partial charge in [0.1, 0.15) is 0 Å². The van der Waals surface area contributed by atoms with Crippen LogP contribution < -0.4 is 5.32 Å². The lowest BCUT2D eigenvalue weighted by molar-refractivity contribution is 0.227. The van der Waals surface area contributed by atoms with Crippen LogP contribution in [-0.2, 0) is 6.42 Å². The first-order valence-electron chi connectivity index (χ1n) is 7.19. The van der Waals surface area contributed by atoms with Crippen LogP contribution in [0.2, 0.25) is 0 Å². The molecule has 0 spiro atoms. The number of aliphatic hydroxyl groups is 1. The van der Waals surface area contributed by atoms with Crippen LogP contribution in [0.4, 0.5) is 0 Å². The minimum absolute atomic E-state index is 0.295. The van der Waals surface area contributed by atoms with Gasteiger partial charge < -0.3 is 10.4 Å². The fourth-order valence-corrected chi connectivity index (χ4v) is 3.77. The van der Waals surface area contributed by atoms with E-state index in [9.17, 15) is 0 Å². The molecule has 0 aliphatic heterocycles. The molecule has 2 N–H and O–H groups in total. The van der Waals surface area contributed by atoms with Crippen molar-refractivity contribution in [3.63, 3.8) is 0 Å². The third kappa shape index (κ3) is 5.02. The van der Waals surface area contributed by atoms with Crippen molar-refractivity contribution in [2.75, 3.05) is 13.2 Å². The fraction of sp³-hybridized carbons (Fsp3) is 0.500. The van der Waals surface area contributed by atoms with Crippen molar-refractivity contribution in [1.82, 2.24) is 5.32 Å². The topological polar surface area (TPSA) is 32.3 Å². The average Bonchev–Trinajstić information content (AvgIpc) is 3.14. The van der Waals surface area contributed by atoms with Crippen LogP contribution >= 0.6 is 22.7 Å². The SMILES string of the molecule is CC(CO)CCCNC(Cc1cccs1)c1cccs1. The van der Waals surface area contributed by atoms with Crippen LogP contribution in [0.15, 0.2) is 35.0 Å². The van der Waals surface area contributed by atoms with Gasteiger partial charge in [-0.1, -0.05) is 19.1 Å². The maximum Gasteiger partial charge on any atom is 0.0463 e. The number of hydrogen-bond acceptors (Lipinski definition) is 4. The fourth-order valence-electron chi connectivity index (χ4n) is 2.21. The van der Waals surface area contributed by atoms with Gasteiger partial charge in [-0.25, -0.2) is 0 Å². The summed E-state index contributed by atoms with van der Waals surface area (Å²) in [5.41, 5.74) is 0. The highest BCUT2D eigenvalue weighted by Gasteiger charge is 2.13. The van der Waals surface area contributed by atoms with Crippen molar-refractivity contribution in [2.45, 2.75) is 32.2 Å². The molecule has 110 valence electrons. The minimum atomic E-state index is 0.295. The monoisotopic (exact) mass is 309 g/mol. The lowest BCUT2D eigenvalue weighted by Gasteiger charge is -2.17. The Bertz CT molecular complexity index is 453. The van der Waals surface area contributed by atoms with Gasteiger partial charge in [0.2, 0.25) is 0 Å². The van der Waals surface area contributed by atoms with E-state index in [-0.39, 0.29) is 0 Å². The van der Waals surface area contributed by atoms with Crippen LogP contribution in [-0.4, -0.2) is 18.3 Å². The maximum absolute atomic E-state index is 9.05. The molecule has 0 radical (unpaired) electrons. The molecule has 0 bridgehead atoms. The van der Waals surface area contributed by atoms with Gasteiger partial charge in [0, 0.05) is 28.8 Å². The molecule has 4 heteroatoms. The largest absolute Gasteiger partial charge is 0.396 e. The third-order valence-electron chi connectivity index (χ3n) is 3.45. The Morgan fingerprint density at radius 1 is 1.20 bits per heavy atom. The van der Waals surface area contributed by atoms with Crippen molar-refractivity contribution >= 4 is 22.7 Å². The van der Waals surface area contributed by atoms with E-state index >= 15 is 0 Å².